The summed E-state index contributed by atoms with van der Waals surface area (Å²) in [6.45, 7) is 2.97. The molecule has 0 aliphatic rings. The van der Waals surface area contributed by atoms with E-state index in [1.165, 1.54) is 0 Å². The molecule has 0 saturated carbocycles. The molecule has 1 heterocycles. The van der Waals surface area contributed by atoms with Crippen LogP contribution in [0.5, 0.6) is 17.4 Å². The van der Waals surface area contributed by atoms with Crippen molar-refractivity contribution in [3.63, 3.8) is 0 Å². The van der Waals surface area contributed by atoms with Crippen molar-refractivity contribution in [1.82, 2.24) is 4.98 Å². The van der Waals surface area contributed by atoms with E-state index in [4.69, 9.17) is 14.2 Å². The third-order valence-corrected chi connectivity index (χ3v) is 7.13. The molecular weight excluding hydrogens is 502 g/mol. The lowest BCUT2D eigenvalue weighted by molar-refractivity contribution is 0.142. The molecule has 0 aliphatic heterocycles. The summed E-state index contributed by atoms with van der Waals surface area (Å²) in [6.07, 6.45) is -0.110. The first-order valence-electron chi connectivity index (χ1n) is 13.4. The number of aryl methyl sites for hydroxylation is 1. The summed E-state index contributed by atoms with van der Waals surface area (Å²) in [7, 11) is 0. The molecule has 5 aromatic carbocycles. The summed E-state index contributed by atoms with van der Waals surface area (Å²) in [5.74, 6) is 1.84. The fourth-order valence-corrected chi connectivity index (χ4v) is 5.44. The average molecular weight is 532 g/mol. The highest BCUT2D eigenvalue weighted by molar-refractivity contribution is 6.07. The van der Waals surface area contributed by atoms with E-state index in [9.17, 15) is 9.90 Å². The fraction of sp³-hybridized carbons (Fsp3) is 0.147. The molecule has 0 radical (unpaired) electrons. The number of nitrogens with one attached hydrogen (secondary N) is 1. The lowest BCUT2D eigenvalue weighted by Gasteiger charge is -2.14. The van der Waals surface area contributed by atoms with Crippen LogP contribution in [-0.4, -0.2) is 29.5 Å². The number of ether oxygens (including phenoxy) is 3. The predicted octanol–water partition coefficient (Wildman–Crippen LogP) is 8.61. The second-order valence-corrected chi connectivity index (χ2v) is 9.55. The summed E-state index contributed by atoms with van der Waals surface area (Å²) in [5.41, 5.74) is 3.49. The molecule has 0 atom stereocenters. The van der Waals surface area contributed by atoms with Crippen molar-refractivity contribution in [2.45, 2.75) is 19.8 Å². The van der Waals surface area contributed by atoms with E-state index in [1.807, 2.05) is 67.6 Å². The minimum Gasteiger partial charge on any atom is -0.493 e. The summed E-state index contributed by atoms with van der Waals surface area (Å²) in [5, 5.41) is 14.7. The number of carbonyl (C=O) groups is 1. The molecule has 0 amide bonds. The Morgan fingerprint density at radius 2 is 1.45 bits per heavy atom. The van der Waals surface area contributed by atoms with Gasteiger partial charge in [-0.15, -0.1) is 0 Å². The Balaban J connectivity index is 1.36. The van der Waals surface area contributed by atoms with Crippen LogP contribution < -0.4 is 14.2 Å². The number of benzene rings is 5. The van der Waals surface area contributed by atoms with E-state index >= 15 is 0 Å². The maximum atomic E-state index is 11.6. The molecule has 6 nitrogen and oxygen atoms in total. The van der Waals surface area contributed by atoms with Crippen LogP contribution in [0.3, 0.4) is 0 Å². The molecular formula is C34H29NO5. The van der Waals surface area contributed by atoms with Crippen molar-refractivity contribution in [1.29, 1.82) is 0 Å². The van der Waals surface area contributed by atoms with Gasteiger partial charge in [0, 0.05) is 27.5 Å². The van der Waals surface area contributed by atoms with E-state index in [-0.39, 0.29) is 5.88 Å². The Morgan fingerprint density at radius 3 is 2.25 bits per heavy atom. The van der Waals surface area contributed by atoms with Crippen molar-refractivity contribution >= 4 is 38.6 Å². The molecule has 6 heteroatoms. The van der Waals surface area contributed by atoms with E-state index in [0.717, 1.165) is 60.6 Å². The van der Waals surface area contributed by atoms with Crippen molar-refractivity contribution in [3.05, 3.63) is 103 Å². The molecule has 2 N–H and O–H groups in total. The third-order valence-electron chi connectivity index (χ3n) is 7.13. The molecule has 6 rings (SSSR count). The Morgan fingerprint density at radius 1 is 0.750 bits per heavy atom. The van der Waals surface area contributed by atoms with E-state index in [2.05, 4.69) is 41.4 Å². The molecule has 40 heavy (non-hydrogen) atoms. The van der Waals surface area contributed by atoms with Crippen LogP contribution in [0.4, 0.5) is 4.79 Å². The van der Waals surface area contributed by atoms with Gasteiger partial charge in [-0.2, -0.15) is 0 Å². The van der Waals surface area contributed by atoms with E-state index in [1.54, 1.807) is 0 Å². The number of H-pyrrole nitrogens is 1. The van der Waals surface area contributed by atoms with Crippen molar-refractivity contribution in [2.75, 3.05) is 13.2 Å². The minimum absolute atomic E-state index is 0.235. The van der Waals surface area contributed by atoms with Gasteiger partial charge in [-0.3, -0.25) is 0 Å². The van der Waals surface area contributed by atoms with Gasteiger partial charge in [-0.25, -0.2) is 4.79 Å². The highest BCUT2D eigenvalue weighted by atomic mass is 16.7. The van der Waals surface area contributed by atoms with Gasteiger partial charge in [0.25, 0.3) is 0 Å². The number of rotatable bonds is 9. The van der Waals surface area contributed by atoms with Crippen LogP contribution in [0, 0.1) is 0 Å². The van der Waals surface area contributed by atoms with Crippen LogP contribution in [0.25, 0.3) is 43.6 Å². The van der Waals surface area contributed by atoms with Gasteiger partial charge >= 0.3 is 6.16 Å². The zero-order valence-electron chi connectivity index (χ0n) is 22.1. The smallest absolute Gasteiger partial charge is 0.493 e. The molecule has 0 unspecified atom stereocenters. The van der Waals surface area contributed by atoms with Gasteiger partial charge in [0.1, 0.15) is 11.5 Å². The van der Waals surface area contributed by atoms with Crippen LogP contribution in [-0.2, 0) is 6.42 Å². The third kappa shape index (κ3) is 4.80. The van der Waals surface area contributed by atoms with Crippen LogP contribution in [0.15, 0.2) is 97.1 Å². The van der Waals surface area contributed by atoms with Gasteiger partial charge in [0.05, 0.1) is 18.7 Å². The average Bonchev–Trinajstić information content (AvgIpc) is 3.32. The summed E-state index contributed by atoms with van der Waals surface area (Å²) >= 11 is 0. The Hall–Kier alpha value is -4.97. The maximum absolute atomic E-state index is 11.6. The number of hydrogen-bond donors (Lipinski definition) is 2. The molecule has 1 aromatic heterocycles. The van der Waals surface area contributed by atoms with Gasteiger partial charge < -0.3 is 24.3 Å². The number of para-hydroxylation sites is 1. The van der Waals surface area contributed by atoms with Gasteiger partial charge in [-0.1, -0.05) is 84.9 Å². The molecule has 0 spiro atoms. The number of aromatic nitrogens is 1. The molecule has 0 bridgehead atoms. The van der Waals surface area contributed by atoms with Gasteiger partial charge in [-0.05, 0) is 48.1 Å². The highest BCUT2D eigenvalue weighted by Crippen LogP contribution is 2.42. The molecule has 0 fully saturated rings. The van der Waals surface area contributed by atoms with Crippen molar-refractivity contribution in [3.8, 4) is 28.5 Å². The van der Waals surface area contributed by atoms with Crippen molar-refractivity contribution in [2.24, 2.45) is 0 Å². The van der Waals surface area contributed by atoms with Gasteiger partial charge in [0.15, 0.2) is 0 Å². The highest BCUT2D eigenvalue weighted by Gasteiger charge is 2.21. The monoisotopic (exact) mass is 531 g/mol. The zero-order chi connectivity index (χ0) is 27.5. The van der Waals surface area contributed by atoms with Crippen LogP contribution >= 0.6 is 0 Å². The summed E-state index contributed by atoms with van der Waals surface area (Å²) < 4.78 is 17.4. The zero-order valence-corrected chi connectivity index (χ0v) is 22.1. The standard InChI is InChI=1S/C34H29NO5/c1-2-38-30-20-19-23-11-4-6-14-25(23)31(30)28-16-8-15-26-27(33(35-32(26)28)40-34(36)37)17-9-21-39-29-18-7-12-22-10-3-5-13-24(22)29/h3-8,10-16,18-20,35H,2,9,17,21H2,1H3,(H,36,37). The Kier molecular flexibility index (Phi) is 6.98. The topological polar surface area (TPSA) is 80.8 Å². The predicted molar refractivity (Wildman–Crippen MR) is 159 cm³/mol. The first-order valence-corrected chi connectivity index (χ1v) is 13.4. The van der Waals surface area contributed by atoms with Crippen LogP contribution in [0.2, 0.25) is 0 Å². The molecule has 0 saturated heterocycles. The van der Waals surface area contributed by atoms with Gasteiger partial charge in [0.2, 0.25) is 5.88 Å². The summed E-state index contributed by atoms with van der Waals surface area (Å²) in [4.78, 5) is 14.9. The Labute approximate surface area is 231 Å². The summed E-state index contributed by atoms with van der Waals surface area (Å²) in [6, 6.07) is 32.4. The Bertz CT molecular complexity index is 1830. The largest absolute Gasteiger partial charge is 0.512 e. The lowest BCUT2D eigenvalue weighted by Crippen LogP contribution is -2.06. The maximum Gasteiger partial charge on any atom is 0.512 e. The quantitative estimate of drug-likeness (QED) is 0.144. The second-order valence-electron chi connectivity index (χ2n) is 9.55. The number of aromatic amines is 1. The first-order chi connectivity index (χ1) is 19.6. The van der Waals surface area contributed by atoms with Crippen LogP contribution in [0.1, 0.15) is 18.9 Å². The normalized spacial score (nSPS) is 11.2. The number of hydrogen-bond acceptors (Lipinski definition) is 4. The van der Waals surface area contributed by atoms with Crippen molar-refractivity contribution < 1.29 is 24.1 Å². The second kappa shape index (κ2) is 11.0. The number of carboxylic acid groups (broad SMARTS) is 1. The lowest BCUT2D eigenvalue weighted by atomic mass is 9.95. The molecule has 6 aromatic rings. The number of fused-ring (bicyclic) bond motifs is 3. The molecule has 0 aliphatic carbocycles. The SMILES string of the molecule is CCOc1ccc2ccccc2c1-c1cccc2c(CCCOc3cccc4ccccc34)c(OC(=O)O)[nH]c12. The minimum atomic E-state index is -1.36. The fourth-order valence-electron chi connectivity index (χ4n) is 5.44. The first kappa shape index (κ1) is 25.3. The van der Waals surface area contributed by atoms with E-state index < -0.39 is 6.16 Å². The molecule has 200 valence electrons. The van der Waals surface area contributed by atoms with E-state index in [0.29, 0.717) is 26.1 Å².